The number of aromatic nitrogens is 2. The monoisotopic (exact) mass is 255 g/mol. The highest BCUT2D eigenvalue weighted by Gasteiger charge is 2.17. The molecule has 0 amide bonds. The number of benzene rings is 1. The lowest BCUT2D eigenvalue weighted by Crippen LogP contribution is -2.14. The van der Waals surface area contributed by atoms with Crippen molar-refractivity contribution in [2.75, 3.05) is 13.7 Å². The molecule has 0 saturated carbocycles. The van der Waals surface area contributed by atoms with Gasteiger partial charge in [0.05, 0.1) is 0 Å². The van der Waals surface area contributed by atoms with Gasteiger partial charge in [-0.05, 0) is 0 Å². The third-order valence-electron chi connectivity index (χ3n) is 2.25. The van der Waals surface area contributed by atoms with Gasteiger partial charge in [-0.3, -0.25) is 0 Å². The molecule has 1 aromatic carbocycles. The topological polar surface area (TPSA) is 74.2 Å². The first-order valence-corrected chi connectivity index (χ1v) is 4.97. The molecule has 17 heavy (non-hydrogen) atoms. The summed E-state index contributed by atoms with van der Waals surface area (Å²) in [6.45, 7) is 0.312. The molecule has 2 rings (SSSR count). The van der Waals surface area contributed by atoms with Crippen LogP contribution in [0.1, 0.15) is 12.0 Å². The molecule has 2 N–H and O–H groups in total. The van der Waals surface area contributed by atoms with Crippen molar-refractivity contribution in [1.82, 2.24) is 10.1 Å². The van der Waals surface area contributed by atoms with Crippen LogP contribution in [0.5, 0.6) is 0 Å². The molecule has 1 unspecified atom stereocenters. The lowest BCUT2D eigenvalue weighted by molar-refractivity contribution is 0.0804. The number of rotatable bonds is 4. The molecule has 0 radical (unpaired) electrons. The molecular formula is C11H14ClN3O2. The molecule has 0 aliphatic carbocycles. The lowest BCUT2D eigenvalue weighted by atomic mass is 10.2. The quantitative estimate of drug-likeness (QED) is 0.902. The van der Waals surface area contributed by atoms with Gasteiger partial charge in [-0.25, -0.2) is 0 Å². The second kappa shape index (κ2) is 6.34. The van der Waals surface area contributed by atoms with E-state index >= 15 is 0 Å². The van der Waals surface area contributed by atoms with Crippen molar-refractivity contribution in [3.05, 3.63) is 36.2 Å². The lowest BCUT2D eigenvalue weighted by Gasteiger charge is -2.05. The van der Waals surface area contributed by atoms with Crippen molar-refractivity contribution in [2.24, 2.45) is 5.73 Å². The van der Waals surface area contributed by atoms with Crippen molar-refractivity contribution >= 4 is 12.4 Å². The first kappa shape index (κ1) is 13.6. The van der Waals surface area contributed by atoms with Crippen LogP contribution in [0.2, 0.25) is 0 Å². The van der Waals surface area contributed by atoms with Crippen LogP contribution in [0.25, 0.3) is 11.4 Å². The van der Waals surface area contributed by atoms with Crippen molar-refractivity contribution in [3.8, 4) is 11.4 Å². The number of ether oxygens (including phenoxy) is 1. The Morgan fingerprint density at radius 1 is 1.35 bits per heavy atom. The van der Waals surface area contributed by atoms with Crippen LogP contribution in [0.15, 0.2) is 34.9 Å². The maximum Gasteiger partial charge on any atom is 0.257 e. The van der Waals surface area contributed by atoms with Crippen LogP contribution >= 0.6 is 12.4 Å². The van der Waals surface area contributed by atoms with Crippen LogP contribution in [-0.4, -0.2) is 23.8 Å². The molecule has 1 heterocycles. The van der Waals surface area contributed by atoms with Gasteiger partial charge in [-0.1, -0.05) is 35.5 Å². The Hall–Kier alpha value is -1.43. The minimum absolute atomic E-state index is 0. The van der Waals surface area contributed by atoms with E-state index in [-0.39, 0.29) is 18.5 Å². The van der Waals surface area contributed by atoms with Gasteiger partial charge in [0.15, 0.2) is 0 Å². The van der Waals surface area contributed by atoms with Gasteiger partial charge in [-0.15, -0.1) is 12.4 Å². The SMILES string of the molecule is COC(CN)c1nc(-c2ccccc2)no1.Cl. The maximum absolute atomic E-state index is 5.51. The van der Waals surface area contributed by atoms with Crippen molar-refractivity contribution < 1.29 is 9.26 Å². The van der Waals surface area contributed by atoms with E-state index in [0.717, 1.165) is 5.56 Å². The highest BCUT2D eigenvalue weighted by atomic mass is 35.5. The summed E-state index contributed by atoms with van der Waals surface area (Å²) in [4.78, 5) is 4.24. The van der Waals surface area contributed by atoms with Gasteiger partial charge in [-0.2, -0.15) is 4.98 Å². The summed E-state index contributed by atoms with van der Waals surface area (Å²) in [5.41, 5.74) is 6.42. The fraction of sp³-hybridized carbons (Fsp3) is 0.273. The van der Waals surface area contributed by atoms with E-state index in [1.807, 2.05) is 30.3 Å². The molecule has 1 atom stereocenters. The summed E-state index contributed by atoms with van der Waals surface area (Å²) in [6.07, 6.45) is -0.343. The van der Waals surface area contributed by atoms with E-state index in [1.165, 1.54) is 0 Å². The van der Waals surface area contributed by atoms with E-state index < -0.39 is 0 Å². The number of nitrogens with zero attached hydrogens (tertiary/aromatic N) is 2. The third-order valence-corrected chi connectivity index (χ3v) is 2.25. The first-order valence-electron chi connectivity index (χ1n) is 4.97. The van der Waals surface area contributed by atoms with Gasteiger partial charge in [0.2, 0.25) is 5.82 Å². The standard InChI is InChI=1S/C11H13N3O2.ClH/c1-15-9(7-12)11-13-10(14-16-11)8-5-3-2-4-6-8;/h2-6,9H,7,12H2,1H3;1H. The minimum atomic E-state index is -0.343. The summed E-state index contributed by atoms with van der Waals surface area (Å²) in [6, 6.07) is 9.60. The fourth-order valence-corrected chi connectivity index (χ4v) is 1.37. The molecule has 5 nitrogen and oxygen atoms in total. The smallest absolute Gasteiger partial charge is 0.257 e. The summed E-state index contributed by atoms with van der Waals surface area (Å²) < 4.78 is 10.2. The maximum atomic E-state index is 5.51. The van der Waals surface area contributed by atoms with E-state index in [2.05, 4.69) is 10.1 Å². The molecule has 0 fully saturated rings. The number of hydrogen-bond donors (Lipinski definition) is 1. The van der Waals surface area contributed by atoms with E-state index in [0.29, 0.717) is 18.3 Å². The fourth-order valence-electron chi connectivity index (χ4n) is 1.37. The van der Waals surface area contributed by atoms with E-state index in [9.17, 15) is 0 Å². The predicted octanol–water partition coefficient (Wildman–Crippen LogP) is 1.80. The van der Waals surface area contributed by atoms with Crippen LogP contribution in [0.3, 0.4) is 0 Å². The zero-order valence-corrected chi connectivity index (χ0v) is 10.2. The average molecular weight is 256 g/mol. The van der Waals surface area contributed by atoms with Crippen LogP contribution in [-0.2, 0) is 4.74 Å². The average Bonchev–Trinajstić information content (AvgIpc) is 2.81. The Bertz CT molecular complexity index is 443. The number of methoxy groups -OCH3 is 1. The Balaban J connectivity index is 0.00000144. The zero-order valence-electron chi connectivity index (χ0n) is 9.37. The largest absolute Gasteiger partial charge is 0.370 e. The highest BCUT2D eigenvalue weighted by Crippen LogP contribution is 2.19. The molecule has 0 saturated heterocycles. The van der Waals surface area contributed by atoms with E-state index in [1.54, 1.807) is 7.11 Å². The van der Waals surface area contributed by atoms with Crippen molar-refractivity contribution in [1.29, 1.82) is 0 Å². The Kier molecular flexibility index (Phi) is 5.09. The predicted molar refractivity (Wildman–Crippen MR) is 65.8 cm³/mol. The molecule has 6 heteroatoms. The van der Waals surface area contributed by atoms with Gasteiger partial charge in [0.25, 0.3) is 5.89 Å². The van der Waals surface area contributed by atoms with Crippen LogP contribution < -0.4 is 5.73 Å². The number of halogens is 1. The van der Waals surface area contributed by atoms with Gasteiger partial charge in [0.1, 0.15) is 6.10 Å². The zero-order chi connectivity index (χ0) is 11.4. The molecule has 0 aliphatic heterocycles. The molecule has 92 valence electrons. The summed E-state index contributed by atoms with van der Waals surface area (Å²) in [7, 11) is 1.56. The van der Waals surface area contributed by atoms with Gasteiger partial charge in [0, 0.05) is 19.2 Å². The summed E-state index contributed by atoms with van der Waals surface area (Å²) in [5.74, 6) is 0.954. The third kappa shape index (κ3) is 3.03. The van der Waals surface area contributed by atoms with Gasteiger partial charge < -0.3 is 15.0 Å². The van der Waals surface area contributed by atoms with E-state index in [4.69, 9.17) is 15.0 Å². The molecule has 2 aromatic rings. The first-order chi connectivity index (χ1) is 7.85. The van der Waals surface area contributed by atoms with Crippen LogP contribution in [0.4, 0.5) is 0 Å². The normalized spacial score (nSPS) is 11.9. The second-order valence-corrected chi connectivity index (χ2v) is 3.28. The summed E-state index contributed by atoms with van der Waals surface area (Å²) >= 11 is 0. The minimum Gasteiger partial charge on any atom is -0.370 e. The van der Waals surface area contributed by atoms with Crippen molar-refractivity contribution in [3.63, 3.8) is 0 Å². The molecule has 0 aliphatic rings. The number of hydrogen-bond acceptors (Lipinski definition) is 5. The number of nitrogens with two attached hydrogens (primary N) is 1. The van der Waals surface area contributed by atoms with Gasteiger partial charge >= 0.3 is 0 Å². The Morgan fingerprint density at radius 3 is 2.65 bits per heavy atom. The van der Waals surface area contributed by atoms with Crippen LogP contribution in [0, 0.1) is 0 Å². The Labute approximate surface area is 105 Å². The molecule has 0 spiro atoms. The molecule has 1 aromatic heterocycles. The second-order valence-electron chi connectivity index (χ2n) is 3.28. The Morgan fingerprint density at radius 2 is 2.06 bits per heavy atom. The highest BCUT2D eigenvalue weighted by molar-refractivity contribution is 5.85. The molecular weight excluding hydrogens is 242 g/mol. The molecule has 0 bridgehead atoms. The summed E-state index contributed by atoms with van der Waals surface area (Å²) in [5, 5.41) is 3.88. The van der Waals surface area contributed by atoms with Crippen molar-refractivity contribution in [2.45, 2.75) is 6.10 Å².